The molecule has 3 aromatic rings. The summed E-state index contributed by atoms with van der Waals surface area (Å²) in [6.45, 7) is 1.80. The maximum Gasteiger partial charge on any atom is 0.263 e. The lowest BCUT2D eigenvalue weighted by Crippen LogP contribution is -2.36. The normalized spacial score (nSPS) is 14.4. The van der Waals surface area contributed by atoms with E-state index in [2.05, 4.69) is 10.3 Å². The number of hydrogen-bond donors (Lipinski definition) is 2. The molecule has 1 aliphatic carbocycles. The number of hydrogen-bond acceptors (Lipinski definition) is 7. The van der Waals surface area contributed by atoms with Gasteiger partial charge in [-0.25, -0.2) is 18.5 Å². The van der Waals surface area contributed by atoms with Gasteiger partial charge < -0.3 is 14.6 Å². The average molecular weight is 482 g/mol. The number of aryl methyl sites for hydroxylation is 2. The van der Waals surface area contributed by atoms with Crippen molar-refractivity contribution in [3.8, 4) is 11.9 Å². The second-order valence-electron chi connectivity index (χ2n) is 8.44. The number of nitriles is 1. The van der Waals surface area contributed by atoms with Gasteiger partial charge in [-0.2, -0.15) is 5.26 Å². The molecular weight excluding hydrogens is 458 g/mol. The zero-order valence-electron chi connectivity index (χ0n) is 18.7. The molecular formula is C23H23N5O5S. The molecule has 0 saturated heterocycles. The van der Waals surface area contributed by atoms with E-state index in [-0.39, 0.29) is 24.6 Å². The highest BCUT2D eigenvalue weighted by atomic mass is 32.2. The minimum absolute atomic E-state index is 0.0490. The predicted octanol–water partition coefficient (Wildman–Crippen LogP) is 1.24. The maximum absolute atomic E-state index is 13.0. The van der Waals surface area contributed by atoms with E-state index in [0.29, 0.717) is 34.9 Å². The molecule has 176 valence electrons. The van der Waals surface area contributed by atoms with Crippen molar-refractivity contribution in [1.29, 1.82) is 5.26 Å². The van der Waals surface area contributed by atoms with E-state index < -0.39 is 26.2 Å². The van der Waals surface area contributed by atoms with Crippen molar-refractivity contribution >= 4 is 26.8 Å². The summed E-state index contributed by atoms with van der Waals surface area (Å²) in [5, 5.41) is 17.5. The van der Waals surface area contributed by atoms with E-state index in [0.717, 1.165) is 5.56 Å². The van der Waals surface area contributed by atoms with Gasteiger partial charge in [0.1, 0.15) is 22.4 Å². The number of rotatable bonds is 7. The number of carbonyl (C=O) groups is 1. The zero-order chi connectivity index (χ0) is 24.7. The van der Waals surface area contributed by atoms with Crippen LogP contribution in [0.3, 0.4) is 0 Å². The minimum Gasteiger partial charge on any atom is -0.474 e. The highest BCUT2D eigenvalue weighted by molar-refractivity contribution is 7.90. The van der Waals surface area contributed by atoms with Crippen molar-refractivity contribution in [1.82, 2.24) is 14.9 Å². The first-order chi connectivity index (χ1) is 16.1. The number of primary sulfonamides is 1. The van der Waals surface area contributed by atoms with Crippen molar-refractivity contribution in [2.24, 2.45) is 12.2 Å². The molecule has 1 amide bonds. The number of pyridine rings is 2. The number of sulfonamides is 1. The third-order valence-electron chi connectivity index (χ3n) is 6.08. The maximum atomic E-state index is 13.0. The Bertz CT molecular complexity index is 1500. The molecule has 2 heterocycles. The Labute approximate surface area is 196 Å². The third-order valence-corrected chi connectivity index (χ3v) is 7.81. The number of nitrogens with two attached hydrogens (primary N) is 1. The molecule has 0 bridgehead atoms. The Morgan fingerprint density at radius 3 is 2.59 bits per heavy atom. The van der Waals surface area contributed by atoms with Crippen LogP contribution in [0.4, 0.5) is 0 Å². The number of ether oxygens (including phenoxy) is 1. The van der Waals surface area contributed by atoms with Crippen LogP contribution in [0, 0.1) is 18.3 Å². The lowest BCUT2D eigenvalue weighted by Gasteiger charge is -2.17. The second kappa shape index (κ2) is 8.55. The molecule has 1 aromatic carbocycles. The van der Waals surface area contributed by atoms with Crippen LogP contribution in [0.1, 0.15) is 39.9 Å². The Morgan fingerprint density at radius 2 is 2.00 bits per heavy atom. The van der Waals surface area contributed by atoms with Crippen LogP contribution < -0.4 is 20.8 Å². The van der Waals surface area contributed by atoms with E-state index in [1.165, 1.54) is 23.9 Å². The van der Waals surface area contributed by atoms with Crippen molar-refractivity contribution in [2.75, 3.05) is 6.61 Å². The fourth-order valence-electron chi connectivity index (χ4n) is 3.68. The molecule has 34 heavy (non-hydrogen) atoms. The lowest BCUT2D eigenvalue weighted by molar-refractivity contribution is 0.0949. The van der Waals surface area contributed by atoms with Crippen molar-refractivity contribution in [2.45, 2.75) is 31.1 Å². The van der Waals surface area contributed by atoms with E-state index in [9.17, 15) is 18.0 Å². The molecule has 2 aromatic heterocycles. The van der Waals surface area contributed by atoms with Gasteiger partial charge in [-0.1, -0.05) is 12.1 Å². The molecule has 10 nitrogen and oxygen atoms in total. The van der Waals surface area contributed by atoms with Crippen LogP contribution in [0.15, 0.2) is 41.3 Å². The molecule has 0 atom stereocenters. The van der Waals surface area contributed by atoms with Crippen molar-refractivity contribution in [3.63, 3.8) is 0 Å². The monoisotopic (exact) mass is 481 g/mol. The van der Waals surface area contributed by atoms with Gasteiger partial charge in [0.15, 0.2) is 0 Å². The van der Waals surface area contributed by atoms with Gasteiger partial charge in [-0.05, 0) is 49.1 Å². The number of carbonyl (C=O) groups excluding carboxylic acids is 1. The second-order valence-corrected chi connectivity index (χ2v) is 10.4. The molecule has 1 aliphatic rings. The van der Waals surface area contributed by atoms with Crippen LogP contribution in [0.5, 0.6) is 5.88 Å². The largest absolute Gasteiger partial charge is 0.474 e. The van der Waals surface area contributed by atoms with E-state index in [1.807, 2.05) is 6.07 Å². The summed E-state index contributed by atoms with van der Waals surface area (Å²) in [5.41, 5.74) is 1.77. The Kier molecular flexibility index (Phi) is 5.89. The summed E-state index contributed by atoms with van der Waals surface area (Å²) < 4.78 is 29.6. The first-order valence-corrected chi connectivity index (χ1v) is 12.0. The van der Waals surface area contributed by atoms with Gasteiger partial charge in [0, 0.05) is 25.2 Å². The first-order valence-electron chi connectivity index (χ1n) is 10.5. The van der Waals surface area contributed by atoms with Crippen molar-refractivity contribution < 1.29 is 17.9 Å². The molecule has 11 heteroatoms. The third kappa shape index (κ3) is 4.25. The van der Waals surface area contributed by atoms with Crippen LogP contribution in [-0.2, 0) is 23.6 Å². The number of aromatic nitrogens is 2. The van der Waals surface area contributed by atoms with Crippen LogP contribution in [0.25, 0.3) is 10.9 Å². The lowest BCUT2D eigenvalue weighted by atomic mass is 10.1. The van der Waals surface area contributed by atoms with Gasteiger partial charge in [0.25, 0.3) is 11.5 Å². The summed E-state index contributed by atoms with van der Waals surface area (Å²) in [7, 11) is -2.28. The van der Waals surface area contributed by atoms with Gasteiger partial charge in [-0.15, -0.1) is 0 Å². The molecule has 4 rings (SSSR count). The summed E-state index contributed by atoms with van der Waals surface area (Å²) in [6, 6.07) is 10.3. The smallest absolute Gasteiger partial charge is 0.263 e. The molecule has 0 spiro atoms. The topological polar surface area (TPSA) is 157 Å². The van der Waals surface area contributed by atoms with Crippen LogP contribution >= 0.6 is 0 Å². The van der Waals surface area contributed by atoms with Gasteiger partial charge in [0.2, 0.25) is 15.9 Å². The molecule has 3 N–H and O–H groups in total. The molecule has 0 unspecified atom stereocenters. The molecule has 0 radical (unpaired) electrons. The highest BCUT2D eigenvalue weighted by Crippen LogP contribution is 2.42. The van der Waals surface area contributed by atoms with Gasteiger partial charge >= 0.3 is 0 Å². The minimum atomic E-state index is -3.78. The molecule has 1 saturated carbocycles. The number of nitrogens with one attached hydrogen (secondary N) is 1. The van der Waals surface area contributed by atoms with Crippen molar-refractivity contribution in [3.05, 3.63) is 69.1 Å². The van der Waals surface area contributed by atoms with Gasteiger partial charge in [0.05, 0.1) is 11.6 Å². The number of fused-ring (bicyclic) bond motifs is 1. The number of nitrogens with zero attached hydrogens (tertiary/aromatic N) is 3. The fraction of sp³-hybridized carbons (Fsp3) is 0.304. The predicted molar refractivity (Wildman–Crippen MR) is 125 cm³/mol. The van der Waals surface area contributed by atoms with E-state index in [1.54, 1.807) is 31.2 Å². The van der Waals surface area contributed by atoms with E-state index in [4.69, 9.17) is 15.1 Å². The summed E-state index contributed by atoms with van der Waals surface area (Å²) in [6.07, 6.45) is 2.34. The summed E-state index contributed by atoms with van der Waals surface area (Å²) >= 11 is 0. The average Bonchev–Trinajstić information content (AvgIpc) is 3.61. The Hall–Kier alpha value is -3.75. The number of benzene rings is 1. The quantitative estimate of drug-likeness (QED) is 0.514. The number of amides is 1. The standard InChI is InChI=1S/C23H23N5O5S/c1-14-11-27-21(33-13-23(7-8-23)34(25,31)32)19-17(14)9-18(22(30)28(19)2)20(29)26-12-16-5-3-15(10-24)4-6-16/h3-6,9,11H,7-8,12-13H2,1-2H3,(H,26,29)(H2,25,31,32). The molecule has 0 aliphatic heterocycles. The zero-order valence-corrected chi connectivity index (χ0v) is 19.5. The Balaban J connectivity index is 1.63. The molecule has 1 fully saturated rings. The van der Waals surface area contributed by atoms with Crippen LogP contribution in [-0.4, -0.2) is 35.2 Å². The Morgan fingerprint density at radius 1 is 1.32 bits per heavy atom. The summed E-state index contributed by atoms with van der Waals surface area (Å²) in [4.78, 5) is 30.1. The van der Waals surface area contributed by atoms with Gasteiger partial charge in [-0.3, -0.25) is 9.59 Å². The van der Waals surface area contributed by atoms with Crippen LogP contribution in [0.2, 0.25) is 0 Å². The highest BCUT2D eigenvalue weighted by Gasteiger charge is 2.54. The fourth-order valence-corrected chi connectivity index (χ4v) is 4.57. The first kappa shape index (κ1) is 23.4. The SMILES string of the molecule is Cc1cnc(OCC2(S(N)(=O)=O)CC2)c2c1cc(C(=O)NCc1ccc(C#N)cc1)c(=O)n2C. The summed E-state index contributed by atoms with van der Waals surface area (Å²) in [5.74, 6) is -0.448. The van der Waals surface area contributed by atoms with E-state index >= 15 is 0 Å².